The fraction of sp³-hybridized carbons (Fsp3) is 0.846. The Labute approximate surface area is 227 Å². The van der Waals surface area contributed by atoms with E-state index in [9.17, 15) is 14.4 Å². The van der Waals surface area contributed by atoms with Crippen molar-refractivity contribution in [3.63, 3.8) is 0 Å². The van der Waals surface area contributed by atoms with Crippen molar-refractivity contribution in [1.29, 1.82) is 0 Å². The van der Waals surface area contributed by atoms with Gasteiger partial charge in [-0.1, -0.05) is 19.3 Å². The lowest BCUT2D eigenvalue weighted by molar-refractivity contribution is 0.263. The van der Waals surface area contributed by atoms with Crippen LogP contribution in [0, 0.1) is 11.8 Å². The van der Waals surface area contributed by atoms with Crippen molar-refractivity contribution in [3.05, 3.63) is 6.07 Å². The molecule has 0 spiro atoms. The molecule has 1 aliphatic heterocycles. The summed E-state index contributed by atoms with van der Waals surface area (Å²) in [6.45, 7) is 6.67. The predicted molar refractivity (Wildman–Crippen MR) is 153 cm³/mol. The van der Waals surface area contributed by atoms with Crippen molar-refractivity contribution < 1.29 is 14.4 Å². The van der Waals surface area contributed by atoms with Crippen LogP contribution in [0.4, 0.5) is 17.6 Å². The summed E-state index contributed by atoms with van der Waals surface area (Å²) in [5, 5.41) is 10.8. The third-order valence-corrected chi connectivity index (χ3v) is 9.10. The molecule has 216 valence electrons. The Morgan fingerprint density at radius 1 is 0.921 bits per heavy atom. The van der Waals surface area contributed by atoms with Crippen LogP contribution >= 0.6 is 7.60 Å². The van der Waals surface area contributed by atoms with Crippen molar-refractivity contribution in [1.82, 2.24) is 25.5 Å². The first kappa shape index (κ1) is 29.5. The molecule has 0 unspecified atom stereocenters. The van der Waals surface area contributed by atoms with Crippen molar-refractivity contribution in [2.45, 2.75) is 70.3 Å². The number of nitrogen functional groups attached to an aromatic ring is 1. The van der Waals surface area contributed by atoms with Crippen LogP contribution < -0.4 is 26.6 Å². The van der Waals surface area contributed by atoms with Gasteiger partial charge in [0.05, 0.1) is 0 Å². The highest BCUT2D eigenvalue weighted by Crippen LogP contribution is 2.35. The molecule has 2 aliphatic carbocycles. The van der Waals surface area contributed by atoms with Crippen LogP contribution in [0.15, 0.2) is 6.07 Å². The van der Waals surface area contributed by atoms with Gasteiger partial charge in [-0.05, 0) is 76.4 Å². The number of anilines is 3. The molecule has 3 aliphatic rings. The highest BCUT2D eigenvalue weighted by Gasteiger charge is 2.25. The van der Waals surface area contributed by atoms with Crippen LogP contribution in [0.3, 0.4) is 0 Å². The average molecular weight is 553 g/mol. The van der Waals surface area contributed by atoms with E-state index in [0.717, 1.165) is 44.0 Å². The average Bonchev–Trinajstić information content (AvgIpc) is 2.90. The summed E-state index contributed by atoms with van der Waals surface area (Å²) in [7, 11) is -4.04. The second-order valence-corrected chi connectivity index (χ2v) is 13.1. The van der Waals surface area contributed by atoms with Crippen molar-refractivity contribution >= 4 is 25.2 Å². The Morgan fingerprint density at radius 2 is 1.61 bits per heavy atom. The maximum Gasteiger partial charge on any atom is 0.339 e. The van der Waals surface area contributed by atoms with Gasteiger partial charge in [0.25, 0.3) is 0 Å². The third kappa shape index (κ3) is 10.2. The Hall–Kier alpha value is -1.49. The number of nitrogens with one attached hydrogen (secondary N) is 3. The number of aromatic nitrogens is 2. The lowest BCUT2D eigenvalue weighted by Gasteiger charge is -2.35. The van der Waals surface area contributed by atoms with Gasteiger partial charge in [-0.15, -0.1) is 0 Å². The Morgan fingerprint density at radius 3 is 2.29 bits per heavy atom. The molecule has 2 heterocycles. The number of hydrogen-bond donors (Lipinski definition) is 6. The van der Waals surface area contributed by atoms with Gasteiger partial charge in [-0.2, -0.15) is 9.97 Å². The zero-order valence-corrected chi connectivity index (χ0v) is 23.8. The minimum absolute atomic E-state index is 0.199. The summed E-state index contributed by atoms with van der Waals surface area (Å²) in [6.07, 6.45) is 12.9. The maximum atomic E-state index is 11.3. The molecule has 38 heavy (non-hydrogen) atoms. The van der Waals surface area contributed by atoms with Crippen LogP contribution in [0.5, 0.6) is 0 Å². The van der Waals surface area contributed by atoms with E-state index >= 15 is 0 Å². The lowest BCUT2D eigenvalue weighted by Crippen LogP contribution is -2.46. The minimum Gasteiger partial charge on any atom is -0.383 e. The largest absolute Gasteiger partial charge is 0.383 e. The minimum atomic E-state index is -4.04. The molecule has 4 rings (SSSR count). The van der Waals surface area contributed by atoms with E-state index in [-0.39, 0.29) is 6.29 Å². The molecule has 0 aromatic carbocycles. The molecular weight excluding hydrogens is 503 g/mol. The normalized spacial score (nSPS) is 24.0. The predicted octanol–water partition coefficient (Wildman–Crippen LogP) is 2.44. The Kier molecular flexibility index (Phi) is 11.5. The van der Waals surface area contributed by atoms with Gasteiger partial charge >= 0.3 is 7.60 Å². The number of nitrogens with two attached hydrogens (primary N) is 1. The van der Waals surface area contributed by atoms with Gasteiger partial charge < -0.3 is 36.4 Å². The van der Waals surface area contributed by atoms with Crippen LogP contribution in [0.1, 0.15) is 64.2 Å². The summed E-state index contributed by atoms with van der Waals surface area (Å²) in [6, 6.07) is 2.53. The second-order valence-electron chi connectivity index (χ2n) is 11.5. The quantitative estimate of drug-likeness (QED) is 0.158. The molecule has 0 bridgehead atoms. The lowest BCUT2D eigenvalue weighted by atomic mass is 9.82. The maximum absolute atomic E-state index is 11.3. The second kappa shape index (κ2) is 14.8. The molecule has 1 saturated heterocycles. The van der Waals surface area contributed by atoms with Gasteiger partial charge in [0.1, 0.15) is 17.9 Å². The summed E-state index contributed by atoms with van der Waals surface area (Å²) in [5.74, 6) is 3.15. The van der Waals surface area contributed by atoms with Crippen LogP contribution in [0.25, 0.3) is 0 Å². The van der Waals surface area contributed by atoms with Gasteiger partial charge in [0.2, 0.25) is 5.95 Å². The highest BCUT2D eigenvalue weighted by atomic mass is 31.2. The zero-order valence-electron chi connectivity index (χ0n) is 22.9. The Balaban J connectivity index is 1.10. The Bertz CT molecular complexity index is 881. The smallest absolute Gasteiger partial charge is 0.339 e. The summed E-state index contributed by atoms with van der Waals surface area (Å²) in [5.41, 5.74) is 6.08. The fourth-order valence-corrected chi connectivity index (χ4v) is 6.88. The molecule has 1 aromatic rings. The number of hydrogen-bond acceptors (Lipinski definition) is 9. The third-order valence-electron chi connectivity index (χ3n) is 8.33. The first-order chi connectivity index (χ1) is 18.3. The van der Waals surface area contributed by atoms with E-state index < -0.39 is 7.60 Å². The molecule has 0 radical (unpaired) electrons. The van der Waals surface area contributed by atoms with E-state index in [1.54, 1.807) is 11.0 Å². The van der Waals surface area contributed by atoms with Crippen LogP contribution in [-0.2, 0) is 4.57 Å². The SMILES string of the molecule is Nc1cc(N2CCN(CP(=O)(O)O)CC2)nc(NCC2CCC(CNCCCNC3CCCCC3)CC2)n1. The summed E-state index contributed by atoms with van der Waals surface area (Å²) in [4.78, 5) is 31.4. The molecule has 0 atom stereocenters. The molecule has 7 N–H and O–H groups in total. The van der Waals surface area contributed by atoms with Crippen molar-refractivity contribution in [2.75, 3.05) is 74.6 Å². The zero-order chi connectivity index (χ0) is 26.8. The molecular formula is C26H49N8O3P. The first-order valence-electron chi connectivity index (χ1n) is 14.7. The fourth-order valence-electron chi connectivity index (χ4n) is 6.08. The number of rotatable bonds is 13. The molecule has 3 fully saturated rings. The van der Waals surface area contributed by atoms with Crippen molar-refractivity contribution in [2.24, 2.45) is 11.8 Å². The molecule has 0 amide bonds. The topological polar surface area (TPSA) is 152 Å². The standard InChI is InChI=1S/C26H49N8O3P/c27-24-17-25(34-15-13-33(14-16-34)20-38(35,36)37)32-26(31-24)30-19-22-9-7-21(8-10-22)18-28-11-4-12-29-23-5-2-1-3-6-23/h17,21-23,28-29H,1-16,18-20H2,(H2,35,36,37)(H3,27,30,31,32). The number of piperazine rings is 1. The van der Waals surface area contributed by atoms with E-state index in [2.05, 4.69) is 30.8 Å². The summed E-state index contributed by atoms with van der Waals surface area (Å²) >= 11 is 0. The summed E-state index contributed by atoms with van der Waals surface area (Å²) < 4.78 is 11.3. The molecule has 12 heteroatoms. The van der Waals surface area contributed by atoms with Crippen molar-refractivity contribution in [3.8, 4) is 0 Å². The first-order valence-corrected chi connectivity index (χ1v) is 16.5. The monoisotopic (exact) mass is 552 g/mol. The van der Waals surface area contributed by atoms with Gasteiger partial charge in [0, 0.05) is 44.8 Å². The van der Waals surface area contributed by atoms with Crippen LogP contribution in [-0.4, -0.2) is 89.3 Å². The van der Waals surface area contributed by atoms with E-state index in [1.807, 2.05) is 0 Å². The van der Waals surface area contributed by atoms with E-state index in [4.69, 9.17) is 5.73 Å². The van der Waals surface area contributed by atoms with E-state index in [0.29, 0.717) is 43.9 Å². The van der Waals surface area contributed by atoms with Gasteiger partial charge in [0.15, 0.2) is 0 Å². The van der Waals surface area contributed by atoms with Crippen LogP contribution in [0.2, 0.25) is 0 Å². The van der Waals surface area contributed by atoms with E-state index in [1.165, 1.54) is 64.2 Å². The highest BCUT2D eigenvalue weighted by molar-refractivity contribution is 7.51. The molecule has 2 saturated carbocycles. The molecule has 11 nitrogen and oxygen atoms in total. The van der Waals surface area contributed by atoms with Gasteiger partial charge in [-0.25, -0.2) is 0 Å². The van der Waals surface area contributed by atoms with Gasteiger partial charge in [-0.3, -0.25) is 9.46 Å². The molecule has 1 aromatic heterocycles. The number of nitrogens with zero attached hydrogens (tertiary/aromatic N) is 4.